The van der Waals surface area contributed by atoms with E-state index in [1.807, 2.05) is 20.8 Å². The minimum atomic E-state index is -0.424. The number of ether oxygens (including phenoxy) is 1. The molecule has 1 amide bonds. The maximum atomic E-state index is 11.7. The van der Waals surface area contributed by atoms with Crippen molar-refractivity contribution in [3.8, 4) is 0 Å². The van der Waals surface area contributed by atoms with Gasteiger partial charge in [-0.05, 0) is 70.8 Å². The van der Waals surface area contributed by atoms with Gasteiger partial charge in [-0.1, -0.05) is 13.8 Å². The molecule has 118 valence electrons. The molecule has 0 atom stereocenters. The Kier molecular flexibility index (Phi) is 5.87. The highest BCUT2D eigenvalue weighted by Gasteiger charge is 2.28. The fourth-order valence-electron chi connectivity index (χ4n) is 2.85. The first-order chi connectivity index (χ1) is 9.11. The third kappa shape index (κ3) is 6.60. The normalized spacial score (nSPS) is 24.3. The number of nitrogens with two attached hydrogens (primary N) is 1. The van der Waals surface area contributed by atoms with Crippen LogP contribution in [0.2, 0.25) is 0 Å². The van der Waals surface area contributed by atoms with E-state index >= 15 is 0 Å². The number of nitrogens with one attached hydrogen (secondary N) is 1. The van der Waals surface area contributed by atoms with Crippen LogP contribution in [0.3, 0.4) is 0 Å². The van der Waals surface area contributed by atoms with Crippen molar-refractivity contribution in [1.29, 1.82) is 0 Å². The summed E-state index contributed by atoms with van der Waals surface area (Å²) >= 11 is 0. The summed E-state index contributed by atoms with van der Waals surface area (Å²) in [5.74, 6) is 0.741. The van der Waals surface area contributed by atoms with Gasteiger partial charge in [-0.2, -0.15) is 0 Å². The van der Waals surface area contributed by atoms with Crippen molar-refractivity contribution >= 4 is 6.09 Å². The molecule has 4 nitrogen and oxygen atoms in total. The number of carbonyl (C=O) groups is 1. The average molecular weight is 284 g/mol. The van der Waals surface area contributed by atoms with Crippen molar-refractivity contribution in [3.63, 3.8) is 0 Å². The maximum Gasteiger partial charge on any atom is 0.407 e. The van der Waals surface area contributed by atoms with Crippen LogP contribution in [0.25, 0.3) is 0 Å². The fraction of sp³-hybridized carbons (Fsp3) is 0.938. The van der Waals surface area contributed by atoms with E-state index in [9.17, 15) is 4.79 Å². The molecule has 0 bridgehead atoms. The number of hydrogen-bond acceptors (Lipinski definition) is 3. The van der Waals surface area contributed by atoms with Gasteiger partial charge in [0.25, 0.3) is 0 Å². The van der Waals surface area contributed by atoms with E-state index < -0.39 is 5.60 Å². The van der Waals surface area contributed by atoms with Gasteiger partial charge in [-0.3, -0.25) is 0 Å². The second-order valence-electron chi connectivity index (χ2n) is 7.94. The summed E-state index contributed by atoms with van der Waals surface area (Å²) in [6.45, 7) is 10.9. The summed E-state index contributed by atoms with van der Waals surface area (Å²) in [6, 6.07) is 0.266. The van der Waals surface area contributed by atoms with Gasteiger partial charge in [0, 0.05) is 6.04 Å². The maximum absolute atomic E-state index is 11.7. The van der Waals surface area contributed by atoms with Crippen LogP contribution < -0.4 is 11.1 Å². The van der Waals surface area contributed by atoms with Crippen LogP contribution in [0.15, 0.2) is 0 Å². The zero-order valence-electron chi connectivity index (χ0n) is 13.8. The summed E-state index contributed by atoms with van der Waals surface area (Å²) in [7, 11) is 0. The number of carbonyl (C=O) groups excluding carboxylic acids is 1. The molecule has 0 aromatic heterocycles. The monoisotopic (exact) mass is 284 g/mol. The lowest BCUT2D eigenvalue weighted by molar-refractivity contribution is 0.0483. The average Bonchev–Trinajstić information content (AvgIpc) is 2.29. The number of hydrogen-bond donors (Lipinski definition) is 2. The summed E-state index contributed by atoms with van der Waals surface area (Å²) in [6.07, 6.45) is 5.33. The Morgan fingerprint density at radius 2 is 1.70 bits per heavy atom. The second kappa shape index (κ2) is 6.79. The highest BCUT2D eigenvalue weighted by Crippen LogP contribution is 2.34. The van der Waals surface area contributed by atoms with E-state index in [2.05, 4.69) is 19.2 Å². The van der Waals surface area contributed by atoms with Gasteiger partial charge in [0.05, 0.1) is 0 Å². The summed E-state index contributed by atoms with van der Waals surface area (Å²) in [4.78, 5) is 11.7. The molecule has 1 rings (SSSR count). The molecule has 20 heavy (non-hydrogen) atoms. The first kappa shape index (κ1) is 17.3. The Labute approximate surface area is 123 Å². The molecule has 4 heteroatoms. The zero-order chi connectivity index (χ0) is 15.4. The van der Waals surface area contributed by atoms with Gasteiger partial charge in [-0.25, -0.2) is 4.79 Å². The highest BCUT2D eigenvalue weighted by molar-refractivity contribution is 5.68. The molecular weight excluding hydrogens is 252 g/mol. The van der Waals surface area contributed by atoms with Crippen molar-refractivity contribution in [2.45, 2.75) is 78.4 Å². The lowest BCUT2D eigenvalue weighted by Gasteiger charge is -2.34. The molecule has 0 aliphatic heterocycles. The highest BCUT2D eigenvalue weighted by atomic mass is 16.6. The third-order valence-corrected chi connectivity index (χ3v) is 3.96. The van der Waals surface area contributed by atoms with Crippen LogP contribution >= 0.6 is 0 Å². The topological polar surface area (TPSA) is 64.3 Å². The van der Waals surface area contributed by atoms with E-state index in [4.69, 9.17) is 10.5 Å². The minimum absolute atomic E-state index is 0.232. The van der Waals surface area contributed by atoms with Gasteiger partial charge in [0.2, 0.25) is 0 Å². The Bertz CT molecular complexity index is 313. The molecule has 1 aliphatic carbocycles. The van der Waals surface area contributed by atoms with Gasteiger partial charge < -0.3 is 15.8 Å². The molecule has 0 aromatic carbocycles. The fourth-order valence-corrected chi connectivity index (χ4v) is 2.85. The van der Waals surface area contributed by atoms with E-state index in [-0.39, 0.29) is 17.6 Å². The molecule has 1 saturated carbocycles. The molecule has 0 spiro atoms. The van der Waals surface area contributed by atoms with Crippen molar-refractivity contribution in [1.82, 2.24) is 5.32 Å². The summed E-state index contributed by atoms with van der Waals surface area (Å²) < 4.78 is 5.30. The molecule has 0 heterocycles. The first-order valence-electron chi connectivity index (χ1n) is 7.81. The van der Waals surface area contributed by atoms with Gasteiger partial charge in [0.15, 0.2) is 0 Å². The number of amides is 1. The number of alkyl carbamates (subject to hydrolysis) is 1. The van der Waals surface area contributed by atoms with E-state index in [1.54, 1.807) is 0 Å². The van der Waals surface area contributed by atoms with Crippen molar-refractivity contribution in [3.05, 3.63) is 0 Å². The molecule has 1 fully saturated rings. The SMILES string of the molecule is CC(C)(CN)CC1CCC(NC(=O)OC(C)(C)C)CC1. The second-order valence-corrected chi connectivity index (χ2v) is 7.94. The lowest BCUT2D eigenvalue weighted by Crippen LogP contribution is -2.41. The van der Waals surface area contributed by atoms with Crippen molar-refractivity contribution in [2.75, 3.05) is 6.54 Å². The van der Waals surface area contributed by atoms with Crippen molar-refractivity contribution < 1.29 is 9.53 Å². The molecule has 0 radical (unpaired) electrons. The first-order valence-corrected chi connectivity index (χ1v) is 7.81. The van der Waals surface area contributed by atoms with Crippen LogP contribution in [0.5, 0.6) is 0 Å². The van der Waals surface area contributed by atoms with Crippen molar-refractivity contribution in [2.24, 2.45) is 17.1 Å². The minimum Gasteiger partial charge on any atom is -0.444 e. The molecule has 0 aromatic rings. The van der Waals surface area contributed by atoms with E-state index in [0.29, 0.717) is 0 Å². The van der Waals surface area contributed by atoms with Crippen LogP contribution in [0, 0.1) is 11.3 Å². The summed E-state index contributed by atoms with van der Waals surface area (Å²) in [5.41, 5.74) is 5.61. The Balaban J connectivity index is 2.30. The summed E-state index contributed by atoms with van der Waals surface area (Å²) in [5, 5.41) is 2.99. The largest absolute Gasteiger partial charge is 0.444 e. The van der Waals surface area contributed by atoms with E-state index in [0.717, 1.165) is 25.3 Å². The van der Waals surface area contributed by atoms with Gasteiger partial charge >= 0.3 is 6.09 Å². The zero-order valence-corrected chi connectivity index (χ0v) is 13.8. The quantitative estimate of drug-likeness (QED) is 0.831. The molecular formula is C16H32N2O2. The van der Waals surface area contributed by atoms with Crippen LogP contribution in [0.4, 0.5) is 4.79 Å². The number of rotatable bonds is 4. The third-order valence-electron chi connectivity index (χ3n) is 3.96. The molecule has 0 unspecified atom stereocenters. The van der Waals surface area contributed by atoms with Gasteiger partial charge in [-0.15, -0.1) is 0 Å². The Hall–Kier alpha value is -0.770. The predicted molar refractivity (Wildman–Crippen MR) is 82.6 cm³/mol. The Morgan fingerprint density at radius 1 is 1.15 bits per heavy atom. The van der Waals surface area contributed by atoms with Gasteiger partial charge in [0.1, 0.15) is 5.60 Å². The standard InChI is InChI=1S/C16H32N2O2/c1-15(2,3)20-14(19)18-13-8-6-12(7-9-13)10-16(4,5)11-17/h12-13H,6-11,17H2,1-5H3,(H,18,19). The Morgan fingerprint density at radius 3 is 2.15 bits per heavy atom. The molecule has 3 N–H and O–H groups in total. The molecule has 1 aliphatic rings. The lowest BCUT2D eigenvalue weighted by atomic mass is 9.75. The van der Waals surface area contributed by atoms with Crippen LogP contribution in [-0.4, -0.2) is 24.3 Å². The van der Waals surface area contributed by atoms with Crippen LogP contribution in [-0.2, 0) is 4.74 Å². The van der Waals surface area contributed by atoms with Crippen LogP contribution in [0.1, 0.15) is 66.7 Å². The predicted octanol–water partition coefficient (Wildman–Crippen LogP) is 3.44. The van der Waals surface area contributed by atoms with E-state index in [1.165, 1.54) is 19.3 Å². The molecule has 0 saturated heterocycles. The smallest absolute Gasteiger partial charge is 0.407 e.